The maximum absolute atomic E-state index is 13.4. The van der Waals surface area contributed by atoms with Gasteiger partial charge < -0.3 is 9.30 Å². The molecule has 0 aliphatic rings. The molecule has 180 valence electrons. The van der Waals surface area contributed by atoms with E-state index in [-0.39, 0.29) is 18.2 Å². The first-order valence-corrected chi connectivity index (χ1v) is 12.6. The highest BCUT2D eigenvalue weighted by Gasteiger charge is 2.18. The highest BCUT2D eigenvalue weighted by atomic mass is 35.5. The number of nitrogens with zero attached hydrogens (tertiary/aromatic N) is 2. The predicted molar refractivity (Wildman–Crippen MR) is 143 cm³/mol. The van der Waals surface area contributed by atoms with Crippen molar-refractivity contribution >= 4 is 23.7 Å². The van der Waals surface area contributed by atoms with Crippen LogP contribution in [0.2, 0.25) is 0 Å². The zero-order valence-corrected chi connectivity index (χ0v) is 21.5. The Morgan fingerprint density at radius 1 is 0.818 bits per heavy atom. The van der Waals surface area contributed by atoms with E-state index in [1.807, 2.05) is 34.9 Å². The molecule has 3 rings (SSSR count). The summed E-state index contributed by atoms with van der Waals surface area (Å²) in [6.45, 7) is 10.3. The summed E-state index contributed by atoms with van der Waals surface area (Å²) in [5, 5.41) is 0. The number of carbonyl (C=O) groups excluding carboxylic acids is 1. The summed E-state index contributed by atoms with van der Waals surface area (Å²) in [4.78, 5) is 16.0. The number of unbranched alkanes of at least 4 members (excludes halogenated alkanes) is 2. The molecule has 3 nitrogen and oxygen atoms in total. The Balaban J connectivity index is 0.00000385. The summed E-state index contributed by atoms with van der Waals surface area (Å²) >= 11 is 0. The number of aryl methyl sites for hydroxylation is 2. The van der Waals surface area contributed by atoms with Gasteiger partial charge in [0.15, 0.2) is 0 Å². The molecule has 0 bridgehead atoms. The van der Waals surface area contributed by atoms with Gasteiger partial charge in [-0.2, -0.15) is 0 Å². The number of halogens is 1. The van der Waals surface area contributed by atoms with Crippen molar-refractivity contribution in [2.45, 2.75) is 72.1 Å². The summed E-state index contributed by atoms with van der Waals surface area (Å²) in [6, 6.07) is 16.6. The molecule has 0 radical (unpaired) electrons. The van der Waals surface area contributed by atoms with Crippen LogP contribution in [-0.4, -0.2) is 34.7 Å². The van der Waals surface area contributed by atoms with Gasteiger partial charge >= 0.3 is 0 Å². The minimum atomic E-state index is 0. The molecule has 0 atom stereocenters. The van der Waals surface area contributed by atoms with Gasteiger partial charge in [-0.15, -0.1) is 12.4 Å². The average Bonchev–Trinajstić information content (AvgIpc) is 3.18. The molecular weight excluding hydrogens is 428 g/mol. The molecule has 1 aromatic carbocycles. The largest absolute Gasteiger partial charge is 0.313 e. The topological polar surface area (TPSA) is 24.7 Å². The molecule has 2 heterocycles. The van der Waals surface area contributed by atoms with Crippen LogP contribution < -0.4 is 0 Å². The Kier molecular flexibility index (Phi) is 11.7. The first-order valence-electron chi connectivity index (χ1n) is 12.6. The molecule has 0 aliphatic heterocycles. The van der Waals surface area contributed by atoms with Crippen molar-refractivity contribution in [3.05, 3.63) is 77.1 Å². The van der Waals surface area contributed by atoms with Crippen LogP contribution in [0.4, 0.5) is 0 Å². The molecule has 4 heteroatoms. The van der Waals surface area contributed by atoms with Gasteiger partial charge in [0.25, 0.3) is 0 Å². The van der Waals surface area contributed by atoms with Crippen LogP contribution in [0.15, 0.2) is 54.7 Å². The lowest BCUT2D eigenvalue weighted by molar-refractivity contribution is 0.103. The summed E-state index contributed by atoms with van der Waals surface area (Å²) in [5.74, 6) is 0.122. The molecule has 0 saturated carbocycles. The minimum Gasteiger partial charge on any atom is -0.313 e. The lowest BCUT2D eigenvalue weighted by Crippen LogP contribution is -2.27. The lowest BCUT2D eigenvalue weighted by atomic mass is 10.0. The van der Waals surface area contributed by atoms with Crippen molar-refractivity contribution in [1.82, 2.24) is 9.30 Å². The Bertz CT molecular complexity index is 969. The number of fused-ring (bicyclic) bond motifs is 1. The first-order chi connectivity index (χ1) is 15.7. The summed E-state index contributed by atoms with van der Waals surface area (Å²) in [5.41, 5.74) is 5.15. The molecule has 0 amide bonds. The van der Waals surface area contributed by atoms with Gasteiger partial charge in [-0.1, -0.05) is 70.4 Å². The summed E-state index contributed by atoms with van der Waals surface area (Å²) < 4.78 is 2.04. The van der Waals surface area contributed by atoms with Crippen LogP contribution in [0.1, 0.15) is 86.5 Å². The van der Waals surface area contributed by atoms with Crippen LogP contribution in [0.5, 0.6) is 0 Å². The summed E-state index contributed by atoms with van der Waals surface area (Å²) in [7, 11) is 0. The van der Waals surface area contributed by atoms with Crippen LogP contribution in [-0.2, 0) is 12.8 Å². The molecule has 33 heavy (non-hydrogen) atoms. The van der Waals surface area contributed by atoms with Crippen molar-refractivity contribution in [2.75, 3.05) is 19.6 Å². The average molecular weight is 469 g/mol. The van der Waals surface area contributed by atoms with E-state index < -0.39 is 0 Å². The molecular formula is C29H41ClN2O. The third-order valence-electron chi connectivity index (χ3n) is 6.30. The zero-order valence-electron chi connectivity index (χ0n) is 20.7. The van der Waals surface area contributed by atoms with Gasteiger partial charge in [0, 0.05) is 17.3 Å². The molecule has 2 aromatic heterocycles. The van der Waals surface area contributed by atoms with E-state index in [1.165, 1.54) is 50.8 Å². The third-order valence-corrected chi connectivity index (χ3v) is 6.30. The fraction of sp³-hybridized carbons (Fsp3) is 0.483. The molecule has 0 unspecified atom stereocenters. The highest BCUT2D eigenvalue weighted by Crippen LogP contribution is 2.22. The standard InChI is InChI=1S/C29H40N2O.ClH/c1-4-7-19-30(20-8-5-2)21-11-13-24-15-17-25(18-16-24)29(32)28-26(12-6-3)23-27-14-9-10-22-31(27)28;/h9-10,14-18,22-23H,4-8,11-13,19-21H2,1-3H3;1H. The zero-order chi connectivity index (χ0) is 22.8. The van der Waals surface area contributed by atoms with E-state index >= 15 is 0 Å². The number of rotatable bonds is 14. The number of carbonyl (C=O) groups is 1. The number of aromatic nitrogens is 1. The highest BCUT2D eigenvalue weighted by molar-refractivity contribution is 6.09. The molecule has 3 aromatic rings. The van der Waals surface area contributed by atoms with Crippen molar-refractivity contribution in [2.24, 2.45) is 0 Å². The fourth-order valence-electron chi connectivity index (χ4n) is 4.46. The van der Waals surface area contributed by atoms with Crippen molar-refractivity contribution in [3.63, 3.8) is 0 Å². The Morgan fingerprint density at radius 3 is 2.12 bits per heavy atom. The molecule has 0 saturated heterocycles. The van der Waals surface area contributed by atoms with Gasteiger partial charge in [-0.3, -0.25) is 4.79 Å². The summed E-state index contributed by atoms with van der Waals surface area (Å²) in [6.07, 6.45) is 11.3. The van der Waals surface area contributed by atoms with Gasteiger partial charge in [-0.25, -0.2) is 0 Å². The monoisotopic (exact) mass is 468 g/mol. The van der Waals surface area contributed by atoms with E-state index in [9.17, 15) is 4.79 Å². The van der Waals surface area contributed by atoms with Gasteiger partial charge in [0.1, 0.15) is 0 Å². The SMILES string of the molecule is CCCCN(CCCC)CCCc1ccc(C(=O)c2c(CCC)cc3ccccn23)cc1.Cl. The van der Waals surface area contributed by atoms with Crippen molar-refractivity contribution in [3.8, 4) is 0 Å². The minimum absolute atomic E-state index is 0. The van der Waals surface area contributed by atoms with E-state index in [4.69, 9.17) is 0 Å². The fourth-order valence-corrected chi connectivity index (χ4v) is 4.46. The molecule has 0 fully saturated rings. The third kappa shape index (κ3) is 7.45. The first kappa shape index (κ1) is 27.1. The number of pyridine rings is 1. The van der Waals surface area contributed by atoms with Gasteiger partial charge in [0.2, 0.25) is 5.78 Å². The van der Waals surface area contributed by atoms with E-state index in [2.05, 4.69) is 49.9 Å². The smallest absolute Gasteiger partial charge is 0.210 e. The van der Waals surface area contributed by atoms with Crippen LogP contribution >= 0.6 is 12.4 Å². The van der Waals surface area contributed by atoms with Crippen LogP contribution in [0.25, 0.3) is 5.52 Å². The second kappa shape index (κ2) is 14.2. The number of ketones is 1. The lowest BCUT2D eigenvalue weighted by Gasteiger charge is -2.21. The number of hydrogen-bond acceptors (Lipinski definition) is 2. The second-order valence-electron chi connectivity index (χ2n) is 8.94. The van der Waals surface area contributed by atoms with Gasteiger partial charge in [0.05, 0.1) is 5.69 Å². The number of hydrogen-bond donors (Lipinski definition) is 0. The van der Waals surface area contributed by atoms with E-state index in [0.717, 1.165) is 48.1 Å². The molecule has 0 spiro atoms. The van der Waals surface area contributed by atoms with E-state index in [0.29, 0.717) is 0 Å². The van der Waals surface area contributed by atoms with Gasteiger partial charge in [-0.05, 0) is 81.1 Å². The Morgan fingerprint density at radius 2 is 1.48 bits per heavy atom. The van der Waals surface area contributed by atoms with Crippen LogP contribution in [0, 0.1) is 0 Å². The Hall–Kier alpha value is -2.10. The molecule has 0 aliphatic carbocycles. The van der Waals surface area contributed by atoms with E-state index in [1.54, 1.807) is 0 Å². The Labute approximate surface area is 206 Å². The molecule has 0 N–H and O–H groups in total. The van der Waals surface area contributed by atoms with Crippen molar-refractivity contribution in [1.29, 1.82) is 0 Å². The second-order valence-corrected chi connectivity index (χ2v) is 8.94. The maximum Gasteiger partial charge on any atom is 0.210 e. The van der Waals surface area contributed by atoms with Crippen molar-refractivity contribution < 1.29 is 4.79 Å². The number of benzene rings is 1. The normalized spacial score (nSPS) is 11.2. The predicted octanol–water partition coefficient (Wildman–Crippen LogP) is 7.38. The quantitative estimate of drug-likeness (QED) is 0.230. The maximum atomic E-state index is 13.4. The van der Waals surface area contributed by atoms with Crippen LogP contribution in [0.3, 0.4) is 0 Å².